The van der Waals surface area contributed by atoms with Crippen LogP contribution in [0.3, 0.4) is 0 Å². The number of nitrogens with one attached hydrogen (secondary N) is 1. The molecule has 4 rings (SSSR count). The first-order valence-electron chi connectivity index (χ1n) is 8.91. The van der Waals surface area contributed by atoms with E-state index in [4.69, 9.17) is 0 Å². The molecule has 1 aromatic rings. The molecule has 1 unspecified atom stereocenters. The van der Waals surface area contributed by atoms with Gasteiger partial charge in [0.2, 0.25) is 0 Å². The Kier molecular flexibility index (Phi) is 3.37. The monoisotopic (exact) mass is 299 g/mol. The second-order valence-corrected chi connectivity index (χ2v) is 7.93. The first-order chi connectivity index (χ1) is 10.6. The zero-order chi connectivity index (χ0) is 15.4. The number of fused-ring (bicyclic) bond motifs is 1. The minimum absolute atomic E-state index is 0.113. The summed E-state index contributed by atoms with van der Waals surface area (Å²) in [6.07, 6.45) is 3.88. The average Bonchev–Trinajstić information content (AvgIpc) is 3.26. The van der Waals surface area contributed by atoms with Gasteiger partial charge in [-0.25, -0.2) is 10.0 Å². The molecule has 1 aliphatic carbocycles. The molecule has 1 spiro atoms. The summed E-state index contributed by atoms with van der Waals surface area (Å²) in [7, 11) is 0. The molecular weight excluding hydrogens is 270 g/mol. The van der Waals surface area contributed by atoms with Crippen molar-refractivity contribution >= 4 is 0 Å². The van der Waals surface area contributed by atoms with E-state index in [-0.39, 0.29) is 5.54 Å². The fraction of sp³-hybridized carbons (Fsp3) is 0.684. The van der Waals surface area contributed by atoms with Crippen molar-refractivity contribution in [3.63, 3.8) is 0 Å². The zero-order valence-corrected chi connectivity index (χ0v) is 14.2. The van der Waals surface area contributed by atoms with E-state index >= 15 is 0 Å². The van der Waals surface area contributed by atoms with Gasteiger partial charge in [0, 0.05) is 31.7 Å². The highest BCUT2D eigenvalue weighted by Gasteiger charge is 2.50. The van der Waals surface area contributed by atoms with Crippen LogP contribution in [0, 0.1) is 5.92 Å². The molecule has 1 aromatic carbocycles. The van der Waals surface area contributed by atoms with Crippen LogP contribution in [-0.4, -0.2) is 41.7 Å². The second-order valence-electron chi connectivity index (χ2n) is 7.93. The first kappa shape index (κ1) is 14.7. The Morgan fingerprint density at radius 1 is 1.14 bits per heavy atom. The van der Waals surface area contributed by atoms with Crippen molar-refractivity contribution in [3.05, 3.63) is 35.4 Å². The summed E-state index contributed by atoms with van der Waals surface area (Å²) in [5.41, 5.74) is 3.64. The van der Waals surface area contributed by atoms with E-state index in [1.54, 1.807) is 11.1 Å². The van der Waals surface area contributed by atoms with Crippen LogP contribution in [0.4, 0.5) is 0 Å². The Labute approximate surface area is 134 Å². The highest BCUT2D eigenvalue weighted by molar-refractivity contribution is 5.36. The van der Waals surface area contributed by atoms with Crippen LogP contribution in [0.5, 0.6) is 0 Å². The Morgan fingerprint density at radius 2 is 1.91 bits per heavy atom. The molecule has 1 atom stereocenters. The van der Waals surface area contributed by atoms with E-state index in [1.807, 2.05) is 0 Å². The second kappa shape index (κ2) is 5.05. The van der Waals surface area contributed by atoms with Gasteiger partial charge in [-0.05, 0) is 43.2 Å². The molecule has 1 saturated carbocycles. The average molecular weight is 299 g/mol. The van der Waals surface area contributed by atoms with E-state index in [0.717, 1.165) is 19.6 Å². The van der Waals surface area contributed by atoms with Crippen molar-refractivity contribution in [2.75, 3.05) is 26.2 Å². The molecular formula is C19H29N3. The number of nitrogens with zero attached hydrogens (tertiary/aromatic N) is 2. The number of benzene rings is 1. The van der Waals surface area contributed by atoms with Crippen molar-refractivity contribution in [1.29, 1.82) is 0 Å². The topological polar surface area (TPSA) is 18.5 Å². The molecule has 1 N–H and O–H groups in total. The molecule has 3 aliphatic rings. The van der Waals surface area contributed by atoms with Crippen LogP contribution in [0.15, 0.2) is 24.3 Å². The molecule has 2 aliphatic heterocycles. The summed E-state index contributed by atoms with van der Waals surface area (Å²) in [6.45, 7) is 11.8. The highest BCUT2D eigenvalue weighted by atomic mass is 15.7. The highest BCUT2D eigenvalue weighted by Crippen LogP contribution is 2.44. The summed E-state index contributed by atoms with van der Waals surface area (Å²) in [5, 5.41) is 9.12. The third-order valence-electron chi connectivity index (χ3n) is 6.37. The SMILES string of the molecule is CC(C)C1(C)c2ccccc2CCN1N1CCNC2(CC2)C1. The zero-order valence-electron chi connectivity index (χ0n) is 14.2. The third-order valence-corrected chi connectivity index (χ3v) is 6.37. The number of rotatable bonds is 2. The van der Waals surface area contributed by atoms with E-state index in [2.05, 4.69) is 60.4 Å². The number of hydrazine groups is 1. The molecule has 2 heterocycles. The predicted molar refractivity (Wildman–Crippen MR) is 90.6 cm³/mol. The maximum absolute atomic E-state index is 3.75. The van der Waals surface area contributed by atoms with Crippen molar-refractivity contribution < 1.29 is 0 Å². The summed E-state index contributed by atoms with van der Waals surface area (Å²) in [6, 6.07) is 9.09. The van der Waals surface area contributed by atoms with Gasteiger partial charge in [0.05, 0.1) is 5.54 Å². The van der Waals surface area contributed by atoms with Crippen molar-refractivity contribution in [3.8, 4) is 0 Å². The lowest BCUT2D eigenvalue weighted by Gasteiger charge is -2.55. The van der Waals surface area contributed by atoms with E-state index < -0.39 is 0 Å². The van der Waals surface area contributed by atoms with Gasteiger partial charge in [-0.1, -0.05) is 38.1 Å². The van der Waals surface area contributed by atoms with Crippen LogP contribution >= 0.6 is 0 Å². The normalized spacial score (nSPS) is 31.5. The molecule has 120 valence electrons. The van der Waals surface area contributed by atoms with E-state index in [1.165, 1.54) is 25.8 Å². The van der Waals surface area contributed by atoms with Gasteiger partial charge in [0.25, 0.3) is 0 Å². The minimum atomic E-state index is 0.113. The summed E-state index contributed by atoms with van der Waals surface area (Å²) >= 11 is 0. The van der Waals surface area contributed by atoms with Crippen molar-refractivity contribution in [1.82, 2.24) is 15.3 Å². The Morgan fingerprint density at radius 3 is 2.64 bits per heavy atom. The summed E-state index contributed by atoms with van der Waals surface area (Å²) < 4.78 is 0. The standard InChI is InChI=1S/C19H29N3/c1-15(2)18(3)17-7-5-4-6-16(17)8-12-22(18)21-13-11-20-19(14-21)9-10-19/h4-7,15,20H,8-14H2,1-3H3. The summed E-state index contributed by atoms with van der Waals surface area (Å²) in [4.78, 5) is 0. The smallest absolute Gasteiger partial charge is 0.0602 e. The van der Waals surface area contributed by atoms with Gasteiger partial charge in [-0.3, -0.25) is 0 Å². The van der Waals surface area contributed by atoms with Gasteiger partial charge in [0.15, 0.2) is 0 Å². The molecule has 0 amide bonds. The minimum Gasteiger partial charge on any atom is -0.309 e. The Balaban J connectivity index is 1.70. The number of piperazine rings is 1. The van der Waals surface area contributed by atoms with E-state index in [9.17, 15) is 0 Å². The lowest BCUT2D eigenvalue weighted by molar-refractivity contribution is -0.145. The van der Waals surface area contributed by atoms with E-state index in [0.29, 0.717) is 11.5 Å². The first-order valence-corrected chi connectivity index (χ1v) is 8.91. The molecule has 1 saturated heterocycles. The van der Waals surface area contributed by atoms with Gasteiger partial charge in [0.1, 0.15) is 0 Å². The van der Waals surface area contributed by atoms with Crippen LogP contribution in [0.1, 0.15) is 44.7 Å². The quantitative estimate of drug-likeness (QED) is 0.906. The lowest BCUT2D eigenvalue weighted by atomic mass is 9.75. The fourth-order valence-corrected chi connectivity index (χ4v) is 4.50. The molecule has 22 heavy (non-hydrogen) atoms. The van der Waals surface area contributed by atoms with Crippen LogP contribution in [0.25, 0.3) is 0 Å². The van der Waals surface area contributed by atoms with Crippen molar-refractivity contribution in [2.45, 2.75) is 51.1 Å². The van der Waals surface area contributed by atoms with Crippen LogP contribution < -0.4 is 5.32 Å². The predicted octanol–water partition coefficient (Wildman–Crippen LogP) is 2.77. The fourth-order valence-electron chi connectivity index (χ4n) is 4.50. The molecule has 3 nitrogen and oxygen atoms in total. The van der Waals surface area contributed by atoms with Crippen molar-refractivity contribution in [2.24, 2.45) is 5.92 Å². The van der Waals surface area contributed by atoms with Gasteiger partial charge in [-0.2, -0.15) is 0 Å². The maximum atomic E-state index is 3.75. The van der Waals surface area contributed by atoms with Gasteiger partial charge >= 0.3 is 0 Å². The largest absolute Gasteiger partial charge is 0.309 e. The molecule has 0 radical (unpaired) electrons. The molecule has 3 heteroatoms. The Hall–Kier alpha value is -0.900. The van der Waals surface area contributed by atoms with Gasteiger partial charge < -0.3 is 5.32 Å². The van der Waals surface area contributed by atoms with Gasteiger partial charge in [-0.15, -0.1) is 0 Å². The molecule has 0 bridgehead atoms. The molecule has 2 fully saturated rings. The molecule has 0 aromatic heterocycles. The third kappa shape index (κ3) is 2.14. The number of hydrogen-bond donors (Lipinski definition) is 1. The maximum Gasteiger partial charge on any atom is 0.0602 e. The van der Waals surface area contributed by atoms with Crippen LogP contribution in [0.2, 0.25) is 0 Å². The van der Waals surface area contributed by atoms with Crippen LogP contribution in [-0.2, 0) is 12.0 Å². The Bertz CT molecular complexity index is 564. The lowest BCUT2D eigenvalue weighted by Crippen LogP contribution is -2.65. The summed E-state index contributed by atoms with van der Waals surface area (Å²) in [5.74, 6) is 0.596. The number of hydrogen-bond acceptors (Lipinski definition) is 3.